The number of carbonyl (C=O) groups excluding carboxylic acids is 1. The number of likely N-dealkylation sites (tertiary alicyclic amines) is 1. The molecule has 0 unspecified atom stereocenters. The SMILES string of the molecule is O=C1CC2(CCN(c3nc(-c4ccccc4)no3)CC2)CN1Cc1ccccc1. The Bertz CT molecular complexity index is 978. The first-order chi connectivity index (χ1) is 14.2. The Balaban J connectivity index is 1.23. The number of piperidine rings is 1. The first-order valence-corrected chi connectivity index (χ1v) is 10.2. The molecule has 1 spiro atoms. The van der Waals surface area contributed by atoms with E-state index in [1.807, 2.05) is 53.4 Å². The van der Waals surface area contributed by atoms with E-state index in [0.717, 1.165) is 38.0 Å². The molecule has 0 aliphatic carbocycles. The average Bonchev–Trinajstić information content (AvgIpc) is 3.36. The zero-order chi connectivity index (χ0) is 19.7. The Morgan fingerprint density at radius 1 is 0.966 bits per heavy atom. The average molecular weight is 388 g/mol. The second-order valence-corrected chi connectivity index (χ2v) is 8.17. The minimum atomic E-state index is 0.0741. The van der Waals surface area contributed by atoms with Crippen LogP contribution < -0.4 is 4.90 Å². The number of rotatable bonds is 4. The highest BCUT2D eigenvalue weighted by Gasteiger charge is 2.45. The van der Waals surface area contributed by atoms with Crippen molar-refractivity contribution in [2.75, 3.05) is 24.5 Å². The van der Waals surface area contributed by atoms with E-state index in [-0.39, 0.29) is 11.3 Å². The van der Waals surface area contributed by atoms with Crippen LogP contribution in [0, 0.1) is 5.41 Å². The predicted molar refractivity (Wildman–Crippen MR) is 110 cm³/mol. The zero-order valence-electron chi connectivity index (χ0n) is 16.3. The molecular weight excluding hydrogens is 364 g/mol. The Kier molecular flexibility index (Phi) is 4.54. The van der Waals surface area contributed by atoms with Crippen LogP contribution in [0.25, 0.3) is 11.4 Å². The number of nitrogens with zero attached hydrogens (tertiary/aromatic N) is 4. The molecule has 2 aliphatic rings. The number of benzene rings is 2. The van der Waals surface area contributed by atoms with Gasteiger partial charge in [-0.2, -0.15) is 4.98 Å². The molecule has 148 valence electrons. The summed E-state index contributed by atoms with van der Waals surface area (Å²) in [7, 11) is 0. The van der Waals surface area contributed by atoms with Gasteiger partial charge < -0.3 is 14.3 Å². The van der Waals surface area contributed by atoms with E-state index in [1.165, 1.54) is 5.56 Å². The number of aromatic nitrogens is 2. The third kappa shape index (κ3) is 3.62. The predicted octanol–water partition coefficient (Wildman–Crippen LogP) is 3.76. The zero-order valence-corrected chi connectivity index (χ0v) is 16.3. The van der Waals surface area contributed by atoms with Crippen molar-refractivity contribution in [3.8, 4) is 11.4 Å². The maximum absolute atomic E-state index is 12.6. The first kappa shape index (κ1) is 17.9. The maximum Gasteiger partial charge on any atom is 0.324 e. The summed E-state index contributed by atoms with van der Waals surface area (Å²) in [6, 6.07) is 20.7. The molecule has 1 amide bonds. The van der Waals surface area contributed by atoms with Crippen molar-refractivity contribution < 1.29 is 9.32 Å². The summed E-state index contributed by atoms with van der Waals surface area (Å²) < 4.78 is 5.52. The molecule has 3 heterocycles. The minimum Gasteiger partial charge on any atom is -0.338 e. The van der Waals surface area contributed by atoms with Gasteiger partial charge in [0.1, 0.15) is 0 Å². The number of amides is 1. The van der Waals surface area contributed by atoms with Crippen molar-refractivity contribution in [1.29, 1.82) is 0 Å². The third-order valence-electron chi connectivity index (χ3n) is 6.16. The standard InChI is InChI=1S/C23H24N4O2/c28-20-15-23(17-27(20)16-18-7-3-1-4-8-18)11-13-26(14-12-23)22-24-21(25-29-22)19-9-5-2-6-10-19/h1-10H,11-17H2. The van der Waals surface area contributed by atoms with Crippen molar-refractivity contribution in [2.24, 2.45) is 5.41 Å². The molecule has 0 N–H and O–H groups in total. The Morgan fingerprint density at radius 3 is 2.38 bits per heavy atom. The number of carbonyl (C=O) groups is 1. The fraction of sp³-hybridized carbons (Fsp3) is 0.348. The van der Waals surface area contributed by atoms with Crippen molar-refractivity contribution in [3.05, 3.63) is 66.2 Å². The molecule has 3 aromatic rings. The van der Waals surface area contributed by atoms with Gasteiger partial charge in [-0.15, -0.1) is 0 Å². The van der Waals surface area contributed by atoms with E-state index in [9.17, 15) is 4.79 Å². The second kappa shape index (κ2) is 7.35. The molecule has 2 aromatic carbocycles. The van der Waals surface area contributed by atoms with Crippen LogP contribution in [-0.4, -0.2) is 40.6 Å². The lowest BCUT2D eigenvalue weighted by atomic mass is 9.78. The maximum atomic E-state index is 12.6. The molecule has 6 nitrogen and oxygen atoms in total. The summed E-state index contributed by atoms with van der Waals surface area (Å²) in [6.45, 7) is 3.22. The molecule has 0 bridgehead atoms. The van der Waals surface area contributed by atoms with Crippen LogP contribution in [0.15, 0.2) is 65.2 Å². The van der Waals surface area contributed by atoms with Gasteiger partial charge >= 0.3 is 6.01 Å². The van der Waals surface area contributed by atoms with Crippen molar-refractivity contribution in [3.63, 3.8) is 0 Å². The van der Waals surface area contributed by atoms with Gasteiger partial charge in [-0.05, 0) is 18.4 Å². The van der Waals surface area contributed by atoms with Crippen LogP contribution in [0.5, 0.6) is 0 Å². The molecular formula is C23H24N4O2. The Labute approximate surface area is 170 Å². The van der Waals surface area contributed by atoms with Crippen LogP contribution >= 0.6 is 0 Å². The third-order valence-corrected chi connectivity index (χ3v) is 6.16. The topological polar surface area (TPSA) is 62.5 Å². The van der Waals surface area contributed by atoms with Gasteiger partial charge in [0.05, 0.1) is 0 Å². The summed E-state index contributed by atoms with van der Waals surface area (Å²) in [5.74, 6) is 0.887. The van der Waals surface area contributed by atoms with E-state index < -0.39 is 0 Å². The summed E-state index contributed by atoms with van der Waals surface area (Å²) >= 11 is 0. The lowest BCUT2D eigenvalue weighted by Crippen LogP contribution is -2.41. The van der Waals surface area contributed by atoms with Crippen LogP contribution in [0.1, 0.15) is 24.8 Å². The van der Waals surface area contributed by atoms with E-state index in [2.05, 4.69) is 27.2 Å². The summed E-state index contributed by atoms with van der Waals surface area (Å²) in [5.41, 5.74) is 2.22. The van der Waals surface area contributed by atoms with Crippen LogP contribution in [0.2, 0.25) is 0 Å². The van der Waals surface area contributed by atoms with Gasteiger partial charge in [0.2, 0.25) is 11.7 Å². The van der Waals surface area contributed by atoms with Crippen LogP contribution in [0.4, 0.5) is 6.01 Å². The van der Waals surface area contributed by atoms with Crippen molar-refractivity contribution in [1.82, 2.24) is 15.0 Å². The first-order valence-electron chi connectivity index (χ1n) is 10.2. The lowest BCUT2D eigenvalue weighted by molar-refractivity contribution is -0.128. The highest BCUT2D eigenvalue weighted by atomic mass is 16.5. The highest BCUT2D eigenvalue weighted by molar-refractivity contribution is 5.79. The lowest BCUT2D eigenvalue weighted by Gasteiger charge is -2.37. The van der Waals surface area contributed by atoms with Gasteiger partial charge in [-0.1, -0.05) is 65.8 Å². The molecule has 0 saturated carbocycles. The monoisotopic (exact) mass is 388 g/mol. The molecule has 2 aliphatic heterocycles. The molecule has 0 radical (unpaired) electrons. The minimum absolute atomic E-state index is 0.0741. The van der Waals surface area contributed by atoms with Crippen LogP contribution in [0.3, 0.4) is 0 Å². The van der Waals surface area contributed by atoms with Crippen molar-refractivity contribution >= 4 is 11.9 Å². The smallest absolute Gasteiger partial charge is 0.324 e. The summed E-state index contributed by atoms with van der Waals surface area (Å²) in [4.78, 5) is 21.4. The van der Waals surface area contributed by atoms with Crippen molar-refractivity contribution in [2.45, 2.75) is 25.8 Å². The van der Waals surface area contributed by atoms with E-state index in [1.54, 1.807) is 0 Å². The number of hydrogen-bond donors (Lipinski definition) is 0. The van der Waals surface area contributed by atoms with E-state index in [0.29, 0.717) is 24.8 Å². The fourth-order valence-electron chi connectivity index (χ4n) is 4.49. The number of anilines is 1. The molecule has 2 fully saturated rings. The quantitative estimate of drug-likeness (QED) is 0.681. The van der Waals surface area contributed by atoms with Gasteiger partial charge in [-0.3, -0.25) is 4.79 Å². The summed E-state index contributed by atoms with van der Waals surface area (Å²) in [5, 5.41) is 4.13. The Morgan fingerprint density at radius 2 is 1.66 bits per heavy atom. The van der Waals surface area contributed by atoms with Crippen LogP contribution in [-0.2, 0) is 11.3 Å². The molecule has 0 atom stereocenters. The second-order valence-electron chi connectivity index (χ2n) is 8.17. The van der Waals surface area contributed by atoms with E-state index >= 15 is 0 Å². The molecule has 5 rings (SSSR count). The number of hydrogen-bond acceptors (Lipinski definition) is 5. The van der Waals surface area contributed by atoms with Gasteiger partial charge in [0.25, 0.3) is 0 Å². The van der Waals surface area contributed by atoms with Gasteiger partial charge in [-0.25, -0.2) is 0 Å². The molecule has 6 heteroatoms. The largest absolute Gasteiger partial charge is 0.338 e. The normalized spacial score (nSPS) is 18.6. The molecule has 1 aromatic heterocycles. The molecule has 2 saturated heterocycles. The molecule has 29 heavy (non-hydrogen) atoms. The van der Waals surface area contributed by atoms with Gasteiger partial charge in [0, 0.05) is 43.6 Å². The Hall–Kier alpha value is -3.15. The fourth-order valence-corrected chi connectivity index (χ4v) is 4.49. The highest BCUT2D eigenvalue weighted by Crippen LogP contribution is 2.42. The summed E-state index contributed by atoms with van der Waals surface area (Å²) in [6.07, 6.45) is 2.58. The van der Waals surface area contributed by atoms with E-state index in [4.69, 9.17) is 4.52 Å². The van der Waals surface area contributed by atoms with Gasteiger partial charge in [0.15, 0.2) is 0 Å².